The number of aryl methyl sites for hydroxylation is 1. The second-order valence-corrected chi connectivity index (χ2v) is 5.77. The Hall–Kier alpha value is -1.91. The van der Waals surface area contributed by atoms with E-state index < -0.39 is 0 Å². The summed E-state index contributed by atoms with van der Waals surface area (Å²) in [6, 6.07) is 14.5. The van der Waals surface area contributed by atoms with Crippen molar-refractivity contribution in [2.24, 2.45) is 0 Å². The Morgan fingerprint density at radius 2 is 2.05 bits per heavy atom. The number of nitrogens with two attached hydrogens (primary N) is 1. The van der Waals surface area contributed by atoms with E-state index in [1.807, 2.05) is 18.3 Å². The minimum Gasteiger partial charge on any atom is -0.384 e. The molecule has 2 aromatic rings. The van der Waals surface area contributed by atoms with Crippen LogP contribution in [0.1, 0.15) is 23.7 Å². The zero-order valence-electron chi connectivity index (χ0n) is 12.8. The molecule has 0 unspecified atom stereocenters. The van der Waals surface area contributed by atoms with Crippen LogP contribution in [0.3, 0.4) is 0 Å². The van der Waals surface area contributed by atoms with Gasteiger partial charge in [-0.15, -0.1) is 0 Å². The zero-order valence-corrected chi connectivity index (χ0v) is 12.8. The SMILES string of the molecule is Nc1ccc([C@@H]2CN(CCCc3ccccc3)CCO2)cn1. The molecule has 0 amide bonds. The Morgan fingerprint density at radius 1 is 1.18 bits per heavy atom. The molecule has 0 bridgehead atoms. The lowest BCUT2D eigenvalue weighted by molar-refractivity contribution is -0.0303. The van der Waals surface area contributed by atoms with Crippen LogP contribution in [0, 0.1) is 0 Å². The molecule has 3 rings (SSSR count). The standard InChI is InChI=1S/C18H23N3O/c19-18-9-8-16(13-20-18)17-14-21(11-12-22-17)10-4-7-15-5-2-1-3-6-15/h1-3,5-6,8-9,13,17H,4,7,10-12,14H2,(H2,19,20)/t17-/m0/s1. The number of nitrogens with zero attached hydrogens (tertiary/aromatic N) is 2. The first-order valence-electron chi connectivity index (χ1n) is 7.90. The number of nitrogen functional groups attached to an aromatic ring is 1. The van der Waals surface area contributed by atoms with Gasteiger partial charge in [0, 0.05) is 24.8 Å². The summed E-state index contributed by atoms with van der Waals surface area (Å²) < 4.78 is 5.88. The van der Waals surface area contributed by atoms with Crippen LogP contribution in [0.15, 0.2) is 48.7 Å². The minimum atomic E-state index is 0.110. The van der Waals surface area contributed by atoms with Crippen LogP contribution in [0.25, 0.3) is 0 Å². The summed E-state index contributed by atoms with van der Waals surface area (Å²) in [5, 5.41) is 0. The molecule has 1 aromatic carbocycles. The normalized spacial score (nSPS) is 19.2. The van der Waals surface area contributed by atoms with Crippen molar-refractivity contribution in [1.82, 2.24) is 9.88 Å². The largest absolute Gasteiger partial charge is 0.384 e. The molecule has 0 spiro atoms. The smallest absolute Gasteiger partial charge is 0.123 e. The van der Waals surface area contributed by atoms with Gasteiger partial charge in [0.05, 0.1) is 12.7 Å². The maximum absolute atomic E-state index is 5.88. The quantitative estimate of drug-likeness (QED) is 0.922. The van der Waals surface area contributed by atoms with Crippen LogP contribution in [0.4, 0.5) is 5.82 Å². The van der Waals surface area contributed by atoms with Gasteiger partial charge in [0.15, 0.2) is 0 Å². The molecule has 4 nitrogen and oxygen atoms in total. The average molecular weight is 297 g/mol. The fraction of sp³-hybridized carbons (Fsp3) is 0.389. The van der Waals surface area contributed by atoms with Gasteiger partial charge >= 0.3 is 0 Å². The molecule has 0 aliphatic carbocycles. The van der Waals surface area contributed by atoms with Gasteiger partial charge in [-0.25, -0.2) is 4.98 Å². The molecular formula is C18H23N3O. The van der Waals surface area contributed by atoms with E-state index in [1.54, 1.807) is 0 Å². The predicted octanol–water partition coefficient (Wildman–Crippen LogP) is 2.67. The third-order valence-electron chi connectivity index (χ3n) is 4.11. The van der Waals surface area contributed by atoms with Gasteiger partial charge in [0.25, 0.3) is 0 Å². The maximum Gasteiger partial charge on any atom is 0.123 e. The van der Waals surface area contributed by atoms with E-state index in [9.17, 15) is 0 Å². The number of ether oxygens (including phenoxy) is 1. The van der Waals surface area contributed by atoms with Gasteiger partial charge in [-0.1, -0.05) is 36.4 Å². The lowest BCUT2D eigenvalue weighted by atomic mass is 10.1. The van der Waals surface area contributed by atoms with Gasteiger partial charge in [0.1, 0.15) is 5.82 Å². The summed E-state index contributed by atoms with van der Waals surface area (Å²) in [5.74, 6) is 0.555. The number of aromatic nitrogens is 1. The van der Waals surface area contributed by atoms with Crippen LogP contribution in [0.2, 0.25) is 0 Å². The first-order valence-corrected chi connectivity index (χ1v) is 7.90. The van der Waals surface area contributed by atoms with Crippen LogP contribution < -0.4 is 5.73 Å². The number of rotatable bonds is 5. The Labute approximate surface area is 131 Å². The fourth-order valence-corrected chi connectivity index (χ4v) is 2.87. The second-order valence-electron chi connectivity index (χ2n) is 5.77. The molecule has 1 saturated heterocycles. The van der Waals surface area contributed by atoms with E-state index in [4.69, 9.17) is 10.5 Å². The molecule has 1 atom stereocenters. The van der Waals surface area contributed by atoms with E-state index in [0.717, 1.165) is 38.2 Å². The zero-order chi connectivity index (χ0) is 15.2. The van der Waals surface area contributed by atoms with Crippen molar-refractivity contribution in [3.05, 3.63) is 59.8 Å². The number of hydrogen-bond donors (Lipinski definition) is 1. The Morgan fingerprint density at radius 3 is 2.82 bits per heavy atom. The molecule has 2 N–H and O–H groups in total. The van der Waals surface area contributed by atoms with E-state index in [2.05, 4.69) is 40.2 Å². The van der Waals surface area contributed by atoms with E-state index in [0.29, 0.717) is 5.82 Å². The lowest BCUT2D eigenvalue weighted by Crippen LogP contribution is -2.39. The van der Waals surface area contributed by atoms with E-state index in [-0.39, 0.29) is 6.10 Å². The van der Waals surface area contributed by atoms with Crippen LogP contribution in [-0.2, 0) is 11.2 Å². The highest BCUT2D eigenvalue weighted by atomic mass is 16.5. The molecule has 1 fully saturated rings. The number of pyridine rings is 1. The molecular weight excluding hydrogens is 274 g/mol. The maximum atomic E-state index is 5.88. The van der Waals surface area contributed by atoms with Crippen LogP contribution in [-0.4, -0.2) is 36.1 Å². The third kappa shape index (κ3) is 4.06. The molecule has 22 heavy (non-hydrogen) atoms. The van der Waals surface area contributed by atoms with Gasteiger partial charge in [0.2, 0.25) is 0 Å². The van der Waals surface area contributed by atoms with E-state index in [1.165, 1.54) is 12.0 Å². The Bertz CT molecular complexity index is 571. The first-order chi connectivity index (χ1) is 10.8. The molecule has 1 aliphatic rings. The molecule has 1 aromatic heterocycles. The number of morpholine rings is 1. The van der Waals surface area contributed by atoms with Crippen LogP contribution in [0.5, 0.6) is 0 Å². The van der Waals surface area contributed by atoms with E-state index >= 15 is 0 Å². The summed E-state index contributed by atoms with van der Waals surface area (Å²) in [6.45, 7) is 3.83. The van der Waals surface area contributed by atoms with Gasteiger partial charge < -0.3 is 10.5 Å². The first kappa shape index (κ1) is 15.0. The number of anilines is 1. The molecule has 116 valence electrons. The van der Waals surface area contributed by atoms with Gasteiger partial charge in [-0.3, -0.25) is 4.90 Å². The topological polar surface area (TPSA) is 51.4 Å². The molecule has 0 saturated carbocycles. The fourth-order valence-electron chi connectivity index (χ4n) is 2.87. The summed E-state index contributed by atoms with van der Waals surface area (Å²) in [5.41, 5.74) is 8.17. The summed E-state index contributed by atoms with van der Waals surface area (Å²) in [4.78, 5) is 6.64. The highest BCUT2D eigenvalue weighted by molar-refractivity contribution is 5.30. The van der Waals surface area contributed by atoms with Crippen LogP contribution >= 0.6 is 0 Å². The molecule has 4 heteroatoms. The molecule has 0 radical (unpaired) electrons. The monoisotopic (exact) mass is 297 g/mol. The Kier molecular flexibility index (Phi) is 5.03. The van der Waals surface area contributed by atoms with Crippen molar-refractivity contribution in [2.75, 3.05) is 32.0 Å². The average Bonchev–Trinajstić information content (AvgIpc) is 2.57. The minimum absolute atomic E-state index is 0.110. The van der Waals surface area contributed by atoms with Crippen molar-refractivity contribution in [3.8, 4) is 0 Å². The highest BCUT2D eigenvalue weighted by Gasteiger charge is 2.21. The number of hydrogen-bond acceptors (Lipinski definition) is 4. The van der Waals surface area contributed by atoms with Gasteiger partial charge in [-0.2, -0.15) is 0 Å². The Balaban J connectivity index is 1.49. The van der Waals surface area contributed by atoms with Crippen molar-refractivity contribution in [2.45, 2.75) is 18.9 Å². The molecule has 2 heterocycles. The summed E-state index contributed by atoms with van der Waals surface area (Å²) >= 11 is 0. The van der Waals surface area contributed by atoms with Crippen molar-refractivity contribution >= 4 is 5.82 Å². The second kappa shape index (κ2) is 7.38. The third-order valence-corrected chi connectivity index (χ3v) is 4.11. The summed E-state index contributed by atoms with van der Waals surface area (Å²) in [7, 11) is 0. The van der Waals surface area contributed by atoms with Crippen molar-refractivity contribution in [3.63, 3.8) is 0 Å². The highest BCUT2D eigenvalue weighted by Crippen LogP contribution is 2.22. The molecule has 1 aliphatic heterocycles. The number of benzene rings is 1. The van der Waals surface area contributed by atoms with Crippen molar-refractivity contribution < 1.29 is 4.74 Å². The summed E-state index contributed by atoms with van der Waals surface area (Å²) in [6.07, 6.45) is 4.25. The van der Waals surface area contributed by atoms with Gasteiger partial charge in [-0.05, 0) is 31.0 Å². The lowest BCUT2D eigenvalue weighted by Gasteiger charge is -2.33. The predicted molar refractivity (Wildman–Crippen MR) is 88.5 cm³/mol. The van der Waals surface area contributed by atoms with Crippen molar-refractivity contribution in [1.29, 1.82) is 0 Å².